The van der Waals surface area contributed by atoms with Gasteiger partial charge in [0.25, 0.3) is 0 Å². The van der Waals surface area contributed by atoms with Crippen molar-refractivity contribution in [3.05, 3.63) is 16.3 Å². The normalized spacial score (nSPS) is 19.6. The van der Waals surface area contributed by atoms with Gasteiger partial charge in [0, 0.05) is 13.0 Å². The predicted octanol–water partition coefficient (Wildman–Crippen LogP) is -0.111. The first-order valence-corrected chi connectivity index (χ1v) is 5.50. The maximum absolute atomic E-state index is 11.6. The van der Waals surface area contributed by atoms with Crippen LogP contribution in [0.3, 0.4) is 0 Å². The van der Waals surface area contributed by atoms with Crippen LogP contribution in [0.15, 0.2) is 6.20 Å². The maximum Gasteiger partial charge on any atom is 0.345 e. The van der Waals surface area contributed by atoms with E-state index in [1.54, 1.807) is 0 Å². The van der Waals surface area contributed by atoms with E-state index >= 15 is 0 Å². The fourth-order valence-electron chi connectivity index (χ4n) is 1.55. The molecule has 1 aliphatic heterocycles. The molecule has 0 bridgehead atoms. The SMILES string of the molecule is NC(=O)C1CC(=O)N(c2ncc([N+](=O)[O-])s2)C1. The van der Waals surface area contributed by atoms with Crippen molar-refractivity contribution in [1.29, 1.82) is 0 Å². The second kappa shape index (κ2) is 4.09. The van der Waals surface area contributed by atoms with E-state index < -0.39 is 16.7 Å². The Morgan fingerprint density at radius 3 is 2.88 bits per heavy atom. The zero-order valence-corrected chi connectivity index (χ0v) is 9.35. The summed E-state index contributed by atoms with van der Waals surface area (Å²) in [6.07, 6.45) is 1.12. The number of nitrogens with zero attached hydrogens (tertiary/aromatic N) is 3. The van der Waals surface area contributed by atoms with Crippen LogP contribution < -0.4 is 10.6 Å². The summed E-state index contributed by atoms with van der Waals surface area (Å²) in [6, 6.07) is 0. The van der Waals surface area contributed by atoms with Gasteiger partial charge in [-0.25, -0.2) is 4.98 Å². The Kier molecular flexibility index (Phi) is 2.76. The number of rotatable bonds is 3. The Labute approximate surface area is 99.2 Å². The number of primary amides is 1. The molecule has 1 aromatic rings. The molecule has 2 N–H and O–H groups in total. The standard InChI is InChI=1S/C8H8N4O4S/c9-7(14)4-1-5(13)11(3-4)8-10-2-6(17-8)12(15)16/h2,4H,1,3H2,(H2,9,14). The number of anilines is 1. The highest BCUT2D eigenvalue weighted by atomic mass is 32.1. The first-order chi connectivity index (χ1) is 7.99. The van der Waals surface area contributed by atoms with Crippen LogP contribution in [0.2, 0.25) is 0 Å². The van der Waals surface area contributed by atoms with Gasteiger partial charge in [0.1, 0.15) is 6.20 Å². The van der Waals surface area contributed by atoms with Gasteiger partial charge in [-0.05, 0) is 11.3 Å². The first kappa shape index (κ1) is 11.5. The van der Waals surface area contributed by atoms with E-state index in [1.807, 2.05) is 0 Å². The van der Waals surface area contributed by atoms with Crippen LogP contribution in [0.1, 0.15) is 6.42 Å². The zero-order valence-electron chi connectivity index (χ0n) is 8.53. The minimum absolute atomic E-state index is 0.0305. The molecule has 0 saturated carbocycles. The van der Waals surface area contributed by atoms with Crippen molar-refractivity contribution in [3.63, 3.8) is 0 Å². The number of carbonyl (C=O) groups excluding carboxylic acids is 2. The van der Waals surface area contributed by atoms with Gasteiger partial charge < -0.3 is 5.73 Å². The molecule has 0 aliphatic carbocycles. The molecule has 8 nitrogen and oxygen atoms in total. The zero-order chi connectivity index (χ0) is 12.6. The summed E-state index contributed by atoms with van der Waals surface area (Å²) in [6.45, 7) is 0.138. The Morgan fingerprint density at radius 2 is 2.41 bits per heavy atom. The van der Waals surface area contributed by atoms with Crippen molar-refractivity contribution in [2.45, 2.75) is 6.42 Å². The van der Waals surface area contributed by atoms with Crippen LogP contribution in [0.25, 0.3) is 0 Å². The predicted molar refractivity (Wildman–Crippen MR) is 58.4 cm³/mol. The summed E-state index contributed by atoms with van der Waals surface area (Å²) >= 11 is 0.799. The van der Waals surface area contributed by atoms with Crippen molar-refractivity contribution in [2.24, 2.45) is 11.7 Å². The topological polar surface area (TPSA) is 119 Å². The number of carbonyl (C=O) groups is 2. The Balaban J connectivity index is 2.20. The van der Waals surface area contributed by atoms with Crippen molar-refractivity contribution in [3.8, 4) is 0 Å². The van der Waals surface area contributed by atoms with Crippen LogP contribution in [0.5, 0.6) is 0 Å². The summed E-state index contributed by atoms with van der Waals surface area (Å²) in [5.41, 5.74) is 5.11. The quantitative estimate of drug-likeness (QED) is 0.597. The van der Waals surface area contributed by atoms with Gasteiger partial charge in [0.15, 0.2) is 5.13 Å². The average molecular weight is 256 g/mol. The summed E-state index contributed by atoms with van der Waals surface area (Å²) in [4.78, 5) is 37.5. The second-order valence-electron chi connectivity index (χ2n) is 3.55. The molecule has 0 radical (unpaired) electrons. The summed E-state index contributed by atoms with van der Waals surface area (Å²) in [7, 11) is 0. The van der Waals surface area contributed by atoms with Gasteiger partial charge in [-0.2, -0.15) is 0 Å². The van der Waals surface area contributed by atoms with Crippen LogP contribution >= 0.6 is 11.3 Å². The van der Waals surface area contributed by atoms with E-state index in [-0.39, 0.29) is 29.0 Å². The average Bonchev–Trinajstić information content (AvgIpc) is 2.83. The molecule has 1 saturated heterocycles. The lowest BCUT2D eigenvalue weighted by molar-refractivity contribution is -0.380. The van der Waals surface area contributed by atoms with Crippen molar-refractivity contribution >= 4 is 33.3 Å². The third-order valence-electron chi connectivity index (χ3n) is 2.42. The lowest BCUT2D eigenvalue weighted by Crippen LogP contribution is -2.28. The third-order valence-corrected chi connectivity index (χ3v) is 3.39. The number of nitro groups is 1. The molecule has 2 heterocycles. The van der Waals surface area contributed by atoms with E-state index in [1.165, 1.54) is 4.90 Å². The highest BCUT2D eigenvalue weighted by Crippen LogP contribution is 2.32. The molecule has 2 amide bonds. The maximum atomic E-state index is 11.6. The van der Waals surface area contributed by atoms with Crippen LogP contribution in [-0.2, 0) is 9.59 Å². The molecule has 1 aliphatic rings. The molecule has 9 heteroatoms. The number of hydrogen-bond acceptors (Lipinski definition) is 6. The molecule has 1 unspecified atom stereocenters. The molecule has 0 aromatic carbocycles. The Hall–Kier alpha value is -2.03. The molecule has 0 spiro atoms. The smallest absolute Gasteiger partial charge is 0.345 e. The van der Waals surface area contributed by atoms with E-state index in [2.05, 4.69) is 4.98 Å². The second-order valence-corrected chi connectivity index (χ2v) is 4.53. The van der Waals surface area contributed by atoms with Gasteiger partial charge >= 0.3 is 5.00 Å². The summed E-state index contributed by atoms with van der Waals surface area (Å²) in [5, 5.41) is 10.6. The molecule has 1 aromatic heterocycles. The van der Waals surface area contributed by atoms with Crippen LogP contribution in [-0.4, -0.2) is 28.3 Å². The number of aromatic nitrogens is 1. The summed E-state index contributed by atoms with van der Waals surface area (Å²) < 4.78 is 0. The van der Waals surface area contributed by atoms with Gasteiger partial charge in [0.05, 0.1) is 10.8 Å². The molecule has 2 rings (SSSR count). The van der Waals surface area contributed by atoms with Gasteiger partial charge in [-0.15, -0.1) is 0 Å². The van der Waals surface area contributed by atoms with Crippen LogP contribution in [0.4, 0.5) is 10.1 Å². The highest BCUT2D eigenvalue weighted by Gasteiger charge is 2.35. The van der Waals surface area contributed by atoms with Crippen molar-refractivity contribution in [2.75, 3.05) is 11.4 Å². The number of hydrogen-bond donors (Lipinski definition) is 1. The fraction of sp³-hybridized carbons (Fsp3) is 0.375. The van der Waals surface area contributed by atoms with Crippen LogP contribution in [0, 0.1) is 16.0 Å². The number of nitrogens with two attached hydrogens (primary N) is 1. The molecule has 90 valence electrons. The number of thiazole rings is 1. The molecule has 1 atom stereocenters. The van der Waals surface area contributed by atoms with Gasteiger partial charge in [-0.3, -0.25) is 24.6 Å². The van der Waals surface area contributed by atoms with E-state index in [0.717, 1.165) is 17.5 Å². The fourth-order valence-corrected chi connectivity index (χ4v) is 2.31. The third kappa shape index (κ3) is 2.09. The Bertz CT molecular complexity index is 499. The highest BCUT2D eigenvalue weighted by molar-refractivity contribution is 7.18. The lowest BCUT2D eigenvalue weighted by Gasteiger charge is -2.10. The molecule has 17 heavy (non-hydrogen) atoms. The first-order valence-electron chi connectivity index (χ1n) is 4.69. The molecular formula is C8H8N4O4S. The molecular weight excluding hydrogens is 248 g/mol. The number of amides is 2. The van der Waals surface area contributed by atoms with E-state index in [4.69, 9.17) is 5.73 Å². The minimum Gasteiger partial charge on any atom is -0.369 e. The van der Waals surface area contributed by atoms with Crippen molar-refractivity contribution in [1.82, 2.24) is 4.98 Å². The largest absolute Gasteiger partial charge is 0.369 e. The molecule has 1 fully saturated rings. The monoisotopic (exact) mass is 256 g/mol. The van der Waals surface area contributed by atoms with Crippen molar-refractivity contribution < 1.29 is 14.5 Å². The van der Waals surface area contributed by atoms with Gasteiger partial charge in [0.2, 0.25) is 11.8 Å². The lowest BCUT2D eigenvalue weighted by atomic mass is 10.1. The van der Waals surface area contributed by atoms with Gasteiger partial charge in [-0.1, -0.05) is 0 Å². The Morgan fingerprint density at radius 1 is 1.71 bits per heavy atom. The minimum atomic E-state index is -0.576. The van der Waals surface area contributed by atoms with E-state index in [9.17, 15) is 19.7 Å². The van der Waals surface area contributed by atoms with E-state index in [0.29, 0.717) is 0 Å². The summed E-state index contributed by atoms with van der Waals surface area (Å²) in [5.74, 6) is -1.39.